The molecule has 0 unspecified atom stereocenters. The molecule has 1 saturated carbocycles. The summed E-state index contributed by atoms with van der Waals surface area (Å²) in [6.07, 6.45) is 3.44. The van der Waals surface area contributed by atoms with E-state index in [0.29, 0.717) is 12.5 Å². The number of hydrogen-bond acceptors (Lipinski definition) is 2. The molecular weight excluding hydrogens is 228 g/mol. The lowest BCUT2D eigenvalue weighted by molar-refractivity contribution is -0.131. The molecule has 0 bridgehead atoms. The Morgan fingerprint density at radius 1 is 1.39 bits per heavy atom. The fourth-order valence-electron chi connectivity index (χ4n) is 2.17. The molecule has 0 aliphatic heterocycles. The summed E-state index contributed by atoms with van der Waals surface area (Å²) in [6.45, 7) is 2.52. The number of carboxylic acid groups (broad SMARTS) is 1. The lowest BCUT2D eigenvalue weighted by Crippen LogP contribution is -2.32. The highest BCUT2D eigenvalue weighted by molar-refractivity contribution is 5.80. The number of carboxylic acids is 1. The van der Waals surface area contributed by atoms with Crippen LogP contribution in [0.25, 0.3) is 0 Å². The molecule has 0 aromatic heterocycles. The smallest absolute Gasteiger partial charge is 0.328 e. The standard InChI is InChI=1S/C15H18O3/c1-11(7-15(16)17)13-8-14(9-13)18-10-12-5-3-2-4-6-12/h2-7,13-14H,8-10H2,1H3,(H,16,17)/b11-7+. The van der Waals surface area contributed by atoms with Gasteiger partial charge < -0.3 is 9.84 Å². The summed E-state index contributed by atoms with van der Waals surface area (Å²) in [5, 5.41) is 8.66. The number of ether oxygens (including phenoxy) is 1. The molecular formula is C15H18O3. The lowest BCUT2D eigenvalue weighted by atomic mass is 9.77. The van der Waals surface area contributed by atoms with Crippen LogP contribution in [0.4, 0.5) is 0 Å². The van der Waals surface area contributed by atoms with E-state index in [1.165, 1.54) is 11.6 Å². The molecule has 96 valence electrons. The van der Waals surface area contributed by atoms with E-state index < -0.39 is 5.97 Å². The quantitative estimate of drug-likeness (QED) is 0.812. The third-order valence-corrected chi connectivity index (χ3v) is 3.42. The molecule has 3 nitrogen and oxygen atoms in total. The van der Waals surface area contributed by atoms with E-state index in [1.807, 2.05) is 37.3 Å². The number of hydrogen-bond donors (Lipinski definition) is 1. The van der Waals surface area contributed by atoms with Crippen molar-refractivity contribution in [3.63, 3.8) is 0 Å². The van der Waals surface area contributed by atoms with Crippen LogP contribution >= 0.6 is 0 Å². The fraction of sp³-hybridized carbons (Fsp3) is 0.400. The van der Waals surface area contributed by atoms with Crippen LogP contribution in [-0.2, 0) is 16.1 Å². The Kier molecular flexibility index (Phi) is 4.15. The van der Waals surface area contributed by atoms with Crippen LogP contribution in [0.1, 0.15) is 25.3 Å². The molecule has 0 atom stereocenters. The maximum Gasteiger partial charge on any atom is 0.328 e. The largest absolute Gasteiger partial charge is 0.478 e. The Bertz CT molecular complexity index is 430. The van der Waals surface area contributed by atoms with Gasteiger partial charge in [-0.25, -0.2) is 4.79 Å². The summed E-state index contributed by atoms with van der Waals surface area (Å²) >= 11 is 0. The molecule has 1 N–H and O–H groups in total. The zero-order valence-corrected chi connectivity index (χ0v) is 10.5. The molecule has 1 aromatic rings. The highest BCUT2D eigenvalue weighted by Crippen LogP contribution is 2.35. The summed E-state index contributed by atoms with van der Waals surface area (Å²) in [5.74, 6) is -0.483. The fourth-order valence-corrected chi connectivity index (χ4v) is 2.17. The average molecular weight is 246 g/mol. The highest BCUT2D eigenvalue weighted by Gasteiger charge is 2.31. The van der Waals surface area contributed by atoms with Crippen molar-refractivity contribution in [1.29, 1.82) is 0 Å². The van der Waals surface area contributed by atoms with Crippen molar-refractivity contribution >= 4 is 5.97 Å². The molecule has 0 spiro atoms. The SMILES string of the molecule is C/C(=C\C(=O)O)C1CC(OCc2ccccc2)C1. The van der Waals surface area contributed by atoms with E-state index in [1.54, 1.807) is 0 Å². The van der Waals surface area contributed by atoms with E-state index in [2.05, 4.69) is 0 Å². The average Bonchev–Trinajstić information content (AvgIpc) is 2.27. The third kappa shape index (κ3) is 3.44. The van der Waals surface area contributed by atoms with Crippen LogP contribution in [0, 0.1) is 5.92 Å². The second-order valence-electron chi connectivity index (χ2n) is 4.81. The van der Waals surface area contributed by atoms with Gasteiger partial charge in [-0.05, 0) is 31.2 Å². The van der Waals surface area contributed by atoms with Gasteiger partial charge in [0.15, 0.2) is 0 Å². The summed E-state index contributed by atoms with van der Waals surface area (Å²) in [6, 6.07) is 10.1. The molecule has 18 heavy (non-hydrogen) atoms. The van der Waals surface area contributed by atoms with Crippen molar-refractivity contribution in [1.82, 2.24) is 0 Å². The molecule has 1 aliphatic rings. The third-order valence-electron chi connectivity index (χ3n) is 3.42. The van der Waals surface area contributed by atoms with Gasteiger partial charge in [-0.2, -0.15) is 0 Å². The van der Waals surface area contributed by atoms with Crippen LogP contribution in [0.15, 0.2) is 42.0 Å². The second kappa shape index (κ2) is 5.83. The van der Waals surface area contributed by atoms with Gasteiger partial charge in [0.2, 0.25) is 0 Å². The molecule has 1 fully saturated rings. The normalized spacial score (nSPS) is 23.5. The molecule has 1 aromatic carbocycles. The van der Waals surface area contributed by atoms with Gasteiger partial charge >= 0.3 is 5.97 Å². The minimum Gasteiger partial charge on any atom is -0.478 e. The van der Waals surface area contributed by atoms with Crippen molar-refractivity contribution in [3.05, 3.63) is 47.5 Å². The van der Waals surface area contributed by atoms with Crippen LogP contribution in [0.2, 0.25) is 0 Å². The Morgan fingerprint density at radius 2 is 2.06 bits per heavy atom. The van der Waals surface area contributed by atoms with Crippen LogP contribution in [-0.4, -0.2) is 17.2 Å². The molecule has 3 heteroatoms. The zero-order chi connectivity index (χ0) is 13.0. The molecule has 1 aliphatic carbocycles. The Labute approximate surface area is 107 Å². The molecule has 0 radical (unpaired) electrons. The molecule has 0 amide bonds. The van der Waals surface area contributed by atoms with Crippen molar-refractivity contribution in [3.8, 4) is 0 Å². The van der Waals surface area contributed by atoms with Gasteiger partial charge in [0, 0.05) is 6.08 Å². The Morgan fingerprint density at radius 3 is 2.67 bits per heavy atom. The van der Waals surface area contributed by atoms with E-state index in [-0.39, 0.29) is 6.10 Å². The number of rotatable bonds is 5. The summed E-state index contributed by atoms with van der Waals surface area (Å²) < 4.78 is 5.77. The van der Waals surface area contributed by atoms with Crippen LogP contribution in [0.3, 0.4) is 0 Å². The van der Waals surface area contributed by atoms with Crippen molar-refractivity contribution < 1.29 is 14.6 Å². The van der Waals surface area contributed by atoms with Gasteiger partial charge in [-0.1, -0.05) is 35.9 Å². The van der Waals surface area contributed by atoms with Gasteiger partial charge in [-0.3, -0.25) is 0 Å². The number of allylic oxidation sites excluding steroid dienone is 1. The zero-order valence-electron chi connectivity index (χ0n) is 10.5. The predicted octanol–water partition coefficient (Wildman–Crippen LogP) is 3.01. The van der Waals surface area contributed by atoms with Crippen molar-refractivity contribution in [2.24, 2.45) is 5.92 Å². The lowest BCUT2D eigenvalue weighted by Gasteiger charge is -2.35. The monoisotopic (exact) mass is 246 g/mol. The Hall–Kier alpha value is -1.61. The van der Waals surface area contributed by atoms with E-state index in [9.17, 15) is 4.79 Å². The maximum atomic E-state index is 10.5. The topological polar surface area (TPSA) is 46.5 Å². The van der Waals surface area contributed by atoms with Gasteiger partial charge in [0.1, 0.15) is 0 Å². The summed E-state index contributed by atoms with van der Waals surface area (Å²) in [5.41, 5.74) is 2.13. The first-order valence-electron chi connectivity index (χ1n) is 6.22. The van der Waals surface area contributed by atoms with Crippen LogP contribution in [0.5, 0.6) is 0 Å². The predicted molar refractivity (Wildman–Crippen MR) is 69.1 cm³/mol. The van der Waals surface area contributed by atoms with Gasteiger partial charge in [0.05, 0.1) is 12.7 Å². The minimum absolute atomic E-state index is 0.271. The maximum absolute atomic E-state index is 10.5. The van der Waals surface area contributed by atoms with E-state index in [4.69, 9.17) is 9.84 Å². The first-order valence-corrected chi connectivity index (χ1v) is 6.22. The highest BCUT2D eigenvalue weighted by atomic mass is 16.5. The van der Waals surface area contributed by atoms with Crippen molar-refractivity contribution in [2.75, 3.05) is 0 Å². The van der Waals surface area contributed by atoms with Gasteiger partial charge in [0.25, 0.3) is 0 Å². The van der Waals surface area contributed by atoms with E-state index >= 15 is 0 Å². The minimum atomic E-state index is -0.860. The Balaban J connectivity index is 1.72. The molecule has 0 heterocycles. The first-order chi connectivity index (χ1) is 8.65. The molecule has 2 rings (SSSR count). The second-order valence-corrected chi connectivity index (χ2v) is 4.81. The summed E-state index contributed by atoms with van der Waals surface area (Å²) in [7, 11) is 0. The molecule has 0 saturated heterocycles. The van der Waals surface area contributed by atoms with E-state index in [0.717, 1.165) is 18.4 Å². The number of benzene rings is 1. The van der Waals surface area contributed by atoms with Crippen molar-refractivity contribution in [2.45, 2.75) is 32.5 Å². The first kappa shape index (κ1) is 12.8. The number of carbonyl (C=O) groups is 1. The summed E-state index contributed by atoms with van der Waals surface area (Å²) in [4.78, 5) is 10.5. The van der Waals surface area contributed by atoms with Gasteiger partial charge in [-0.15, -0.1) is 0 Å². The number of aliphatic carboxylic acids is 1. The van der Waals surface area contributed by atoms with Crippen LogP contribution < -0.4 is 0 Å².